The van der Waals surface area contributed by atoms with E-state index in [0.29, 0.717) is 0 Å². The zero-order chi connectivity index (χ0) is 15.7. The molecule has 1 amide bonds. The molecule has 112 valence electrons. The van der Waals surface area contributed by atoms with Crippen LogP contribution in [0.3, 0.4) is 0 Å². The minimum atomic E-state index is -0.194. The molecule has 0 aromatic heterocycles. The van der Waals surface area contributed by atoms with E-state index in [1.165, 1.54) is 16.0 Å². The van der Waals surface area contributed by atoms with Gasteiger partial charge in [-0.3, -0.25) is 4.79 Å². The van der Waals surface area contributed by atoms with Crippen LogP contribution < -0.4 is 0 Å². The monoisotopic (exact) mass is 292 g/mol. The maximum Gasteiger partial charge on any atom is 0.248 e. The first-order valence-electron chi connectivity index (χ1n) is 7.77. The van der Waals surface area contributed by atoms with Gasteiger partial charge < -0.3 is 0 Å². The number of carbonyl (C=O) groups excluding carboxylic acids is 1. The lowest BCUT2D eigenvalue weighted by Gasteiger charge is -2.13. The zero-order valence-corrected chi connectivity index (χ0v) is 13.0. The van der Waals surface area contributed by atoms with Crippen molar-refractivity contribution in [3.8, 4) is 6.19 Å². The van der Waals surface area contributed by atoms with Gasteiger partial charge in [-0.25, -0.2) is 4.90 Å². The number of hydrogen-bond donors (Lipinski definition) is 0. The van der Waals surface area contributed by atoms with Crippen LogP contribution in [0.5, 0.6) is 0 Å². The third kappa shape index (κ3) is 2.35. The van der Waals surface area contributed by atoms with Crippen LogP contribution in [-0.2, 0) is 4.79 Å². The number of allylic oxidation sites excluding steroid dienone is 4. The minimum Gasteiger partial charge on any atom is -0.273 e. The fourth-order valence-electron chi connectivity index (χ4n) is 3.61. The number of fused-ring (bicyclic) bond motifs is 1. The first kappa shape index (κ1) is 14.6. The molecule has 2 aliphatic rings. The van der Waals surface area contributed by atoms with E-state index >= 15 is 0 Å². The van der Waals surface area contributed by atoms with Gasteiger partial charge in [-0.2, -0.15) is 5.26 Å². The Morgan fingerprint density at radius 1 is 1.36 bits per heavy atom. The second kappa shape index (κ2) is 5.81. The normalized spacial score (nSPS) is 23.5. The predicted octanol–water partition coefficient (Wildman–Crippen LogP) is 4.11. The van der Waals surface area contributed by atoms with E-state index in [1.807, 2.05) is 30.3 Å². The van der Waals surface area contributed by atoms with Crippen molar-refractivity contribution in [2.24, 2.45) is 5.92 Å². The molecule has 1 aromatic carbocycles. The molecule has 0 radical (unpaired) electrons. The van der Waals surface area contributed by atoms with Gasteiger partial charge in [0.1, 0.15) is 0 Å². The molecular formula is C19H20N2O. The predicted molar refractivity (Wildman–Crippen MR) is 85.4 cm³/mol. The minimum absolute atomic E-state index is 0.0666. The molecule has 3 nitrogen and oxygen atoms in total. The van der Waals surface area contributed by atoms with Crippen LogP contribution in [0.25, 0.3) is 0 Å². The number of benzene rings is 1. The molecule has 0 spiro atoms. The number of carbonyl (C=O) groups is 1. The summed E-state index contributed by atoms with van der Waals surface area (Å²) < 4.78 is 0. The summed E-state index contributed by atoms with van der Waals surface area (Å²) in [6.07, 6.45) is 7.08. The van der Waals surface area contributed by atoms with E-state index in [1.54, 1.807) is 0 Å². The van der Waals surface area contributed by atoms with E-state index in [4.69, 9.17) is 0 Å². The fourth-order valence-corrected chi connectivity index (χ4v) is 3.61. The van der Waals surface area contributed by atoms with E-state index in [0.717, 1.165) is 30.5 Å². The van der Waals surface area contributed by atoms with E-state index < -0.39 is 0 Å². The van der Waals surface area contributed by atoms with Crippen LogP contribution in [0.4, 0.5) is 0 Å². The van der Waals surface area contributed by atoms with Crippen molar-refractivity contribution >= 4 is 5.91 Å². The molecule has 1 heterocycles. The highest BCUT2D eigenvalue weighted by molar-refractivity contribution is 5.91. The van der Waals surface area contributed by atoms with Crippen LogP contribution >= 0.6 is 0 Å². The quantitative estimate of drug-likeness (QED) is 0.621. The van der Waals surface area contributed by atoms with Gasteiger partial charge in [0.15, 0.2) is 6.19 Å². The Labute approximate surface area is 131 Å². The Kier molecular flexibility index (Phi) is 3.85. The van der Waals surface area contributed by atoms with E-state index in [2.05, 4.69) is 26.1 Å². The Hall–Kier alpha value is -2.34. The van der Waals surface area contributed by atoms with Crippen LogP contribution in [0, 0.1) is 17.4 Å². The average molecular weight is 292 g/mol. The van der Waals surface area contributed by atoms with Crippen LogP contribution in [-0.4, -0.2) is 10.8 Å². The van der Waals surface area contributed by atoms with Gasteiger partial charge in [-0.05, 0) is 44.2 Å². The Bertz CT molecular complexity index is 690. The zero-order valence-electron chi connectivity index (χ0n) is 13.0. The van der Waals surface area contributed by atoms with Crippen molar-refractivity contribution < 1.29 is 4.79 Å². The standard InChI is InChI=1S/C19H20N2O/c1-13(2)8-9-15-10-11-16-17(14-6-4-3-5-7-14)19(22)21(12-20)18(15)16/h3-8,16-17H,9-11H2,1-2H3. The maximum absolute atomic E-state index is 12.7. The average Bonchev–Trinajstić information content (AvgIpc) is 3.03. The summed E-state index contributed by atoms with van der Waals surface area (Å²) >= 11 is 0. The molecule has 3 rings (SSSR count). The number of hydrogen-bond acceptors (Lipinski definition) is 2. The van der Waals surface area contributed by atoms with Gasteiger partial charge in [-0.15, -0.1) is 0 Å². The Balaban J connectivity index is 2.01. The molecule has 2 unspecified atom stereocenters. The van der Waals surface area contributed by atoms with Crippen molar-refractivity contribution in [2.45, 2.75) is 39.0 Å². The summed E-state index contributed by atoms with van der Waals surface area (Å²) in [5.74, 6) is -0.0988. The highest BCUT2D eigenvalue weighted by Crippen LogP contribution is 2.50. The lowest BCUT2D eigenvalue weighted by atomic mass is 9.87. The summed E-state index contributed by atoms with van der Waals surface area (Å²) in [4.78, 5) is 14.0. The first-order valence-corrected chi connectivity index (χ1v) is 7.77. The molecule has 22 heavy (non-hydrogen) atoms. The molecule has 0 bridgehead atoms. The van der Waals surface area contributed by atoms with Crippen LogP contribution in [0.2, 0.25) is 0 Å². The molecule has 1 aliphatic heterocycles. The van der Waals surface area contributed by atoms with Crippen molar-refractivity contribution in [3.05, 3.63) is 58.8 Å². The summed E-state index contributed by atoms with van der Waals surface area (Å²) in [6, 6.07) is 9.86. The topological polar surface area (TPSA) is 44.1 Å². The SMILES string of the molecule is CC(C)=CCC1=C2C(CC1)C(c1ccccc1)C(=O)N2C#N. The van der Waals surface area contributed by atoms with Gasteiger partial charge in [0.2, 0.25) is 5.91 Å². The Morgan fingerprint density at radius 2 is 2.09 bits per heavy atom. The third-order valence-corrected chi connectivity index (χ3v) is 4.62. The van der Waals surface area contributed by atoms with Crippen LogP contribution in [0.1, 0.15) is 44.6 Å². The van der Waals surface area contributed by atoms with Gasteiger partial charge >= 0.3 is 0 Å². The third-order valence-electron chi connectivity index (χ3n) is 4.62. The molecule has 1 aromatic rings. The second-order valence-corrected chi connectivity index (χ2v) is 6.28. The molecule has 0 saturated carbocycles. The lowest BCUT2D eigenvalue weighted by molar-refractivity contribution is -0.126. The molecule has 1 fully saturated rings. The highest BCUT2D eigenvalue weighted by atomic mass is 16.2. The molecule has 1 aliphatic carbocycles. The highest BCUT2D eigenvalue weighted by Gasteiger charge is 2.48. The molecule has 1 saturated heterocycles. The van der Waals surface area contributed by atoms with Crippen molar-refractivity contribution in [2.75, 3.05) is 0 Å². The van der Waals surface area contributed by atoms with E-state index in [9.17, 15) is 10.1 Å². The Morgan fingerprint density at radius 3 is 2.73 bits per heavy atom. The largest absolute Gasteiger partial charge is 0.273 e. The van der Waals surface area contributed by atoms with Gasteiger partial charge in [0, 0.05) is 11.6 Å². The molecule has 3 heteroatoms. The lowest BCUT2D eigenvalue weighted by Crippen LogP contribution is -2.21. The summed E-state index contributed by atoms with van der Waals surface area (Å²) in [6.45, 7) is 4.15. The van der Waals surface area contributed by atoms with E-state index in [-0.39, 0.29) is 17.7 Å². The first-order chi connectivity index (χ1) is 10.6. The van der Waals surface area contributed by atoms with Gasteiger partial charge in [-0.1, -0.05) is 42.0 Å². The van der Waals surface area contributed by atoms with Crippen LogP contribution in [0.15, 0.2) is 53.3 Å². The van der Waals surface area contributed by atoms with Crippen molar-refractivity contribution in [3.63, 3.8) is 0 Å². The number of rotatable bonds is 3. The summed E-state index contributed by atoms with van der Waals surface area (Å²) in [7, 11) is 0. The van der Waals surface area contributed by atoms with Gasteiger partial charge in [0.25, 0.3) is 0 Å². The number of nitriles is 1. The maximum atomic E-state index is 12.7. The molecule has 0 N–H and O–H groups in total. The number of likely N-dealkylation sites (tertiary alicyclic amines) is 1. The van der Waals surface area contributed by atoms with Crippen molar-refractivity contribution in [1.82, 2.24) is 4.90 Å². The summed E-state index contributed by atoms with van der Waals surface area (Å²) in [5.41, 5.74) is 4.51. The number of nitrogens with zero attached hydrogens (tertiary/aromatic N) is 2. The molecular weight excluding hydrogens is 272 g/mol. The smallest absolute Gasteiger partial charge is 0.248 e. The second-order valence-electron chi connectivity index (χ2n) is 6.28. The molecule has 2 atom stereocenters. The fraction of sp³-hybridized carbons (Fsp3) is 0.368. The summed E-state index contributed by atoms with van der Waals surface area (Å²) in [5, 5.41) is 9.45. The van der Waals surface area contributed by atoms with Crippen molar-refractivity contribution in [1.29, 1.82) is 5.26 Å². The number of amides is 1. The van der Waals surface area contributed by atoms with Gasteiger partial charge in [0.05, 0.1) is 5.92 Å².